The zero-order valence-corrected chi connectivity index (χ0v) is 26.8. The number of ether oxygens (including phenoxy) is 1. The number of sulfone groups is 1. The number of piperidine rings is 1. The molecule has 18 heteroatoms. The van der Waals surface area contributed by atoms with Gasteiger partial charge in [0.15, 0.2) is 38.3 Å². The van der Waals surface area contributed by atoms with Crippen molar-refractivity contribution in [1.82, 2.24) is 20.2 Å². The predicted octanol–water partition coefficient (Wildman–Crippen LogP) is 4.66. The van der Waals surface area contributed by atoms with E-state index in [0.717, 1.165) is 41.7 Å². The quantitative estimate of drug-likeness (QED) is 0.106. The molecule has 14 nitrogen and oxygen atoms in total. The number of nitrogens with zero attached hydrogens (tertiary/aromatic N) is 5. The Bertz CT molecular complexity index is 1930. The number of aryl methyl sites for hydroxylation is 1. The van der Waals surface area contributed by atoms with Gasteiger partial charge in [-0.2, -0.15) is 9.49 Å². The molecule has 1 aliphatic rings. The first-order valence-corrected chi connectivity index (χ1v) is 16.7. The molecule has 1 fully saturated rings. The third-order valence-electron chi connectivity index (χ3n) is 7.45. The molecule has 5 rings (SSSR count). The number of aromatic nitrogens is 4. The van der Waals surface area contributed by atoms with Crippen LogP contribution in [0.4, 0.5) is 31.9 Å². The van der Waals surface area contributed by atoms with Crippen LogP contribution in [-0.2, 0) is 20.4 Å². The molecular weight excluding hydrogens is 658 g/mol. The molecule has 0 atom stereocenters. The Morgan fingerprint density at radius 2 is 1.91 bits per heavy atom. The van der Waals surface area contributed by atoms with Gasteiger partial charge in [-0.15, -0.1) is 0 Å². The molecule has 47 heavy (non-hydrogen) atoms. The average molecular weight is 689 g/mol. The largest absolute Gasteiger partial charge is 0.490 e. The molecule has 0 spiro atoms. The molecule has 248 valence electrons. The number of hydrogen-bond donors (Lipinski definition) is 3. The van der Waals surface area contributed by atoms with E-state index in [-0.39, 0.29) is 34.1 Å². The molecule has 4 N–H and O–H groups in total. The molecule has 1 amide bonds. The van der Waals surface area contributed by atoms with Gasteiger partial charge >= 0.3 is 5.69 Å². The van der Waals surface area contributed by atoms with Gasteiger partial charge in [-0.05, 0) is 49.6 Å². The monoisotopic (exact) mass is 688 g/mol. The highest BCUT2D eigenvalue weighted by molar-refractivity contribution is 7.99. The van der Waals surface area contributed by atoms with Gasteiger partial charge in [-0.25, -0.2) is 22.8 Å². The lowest BCUT2D eigenvalue weighted by Crippen LogP contribution is -2.36. The van der Waals surface area contributed by atoms with Crippen LogP contribution >= 0.6 is 11.8 Å². The van der Waals surface area contributed by atoms with Gasteiger partial charge in [0.25, 0.3) is 0 Å². The van der Waals surface area contributed by atoms with Crippen LogP contribution in [0.2, 0.25) is 0 Å². The number of carbonyl (C=O) groups excluding carboxylic acids is 1. The van der Waals surface area contributed by atoms with E-state index < -0.39 is 48.3 Å². The van der Waals surface area contributed by atoms with E-state index in [1.165, 1.54) is 19.2 Å². The molecule has 4 aromatic rings. The highest BCUT2D eigenvalue weighted by atomic mass is 32.2. The second-order valence-electron chi connectivity index (χ2n) is 10.8. The molecule has 0 aliphatic carbocycles. The summed E-state index contributed by atoms with van der Waals surface area (Å²) in [6.07, 6.45) is 1.60. The Hall–Kier alpha value is -4.84. The fourth-order valence-corrected chi connectivity index (χ4v) is 7.53. The second kappa shape index (κ2) is 13.9. The normalized spacial score (nSPS) is 13.8. The van der Waals surface area contributed by atoms with Gasteiger partial charge in [0.2, 0.25) is 17.5 Å². The number of anilines is 3. The van der Waals surface area contributed by atoms with Crippen molar-refractivity contribution in [2.75, 3.05) is 30.4 Å². The first kappa shape index (κ1) is 33.5. The van der Waals surface area contributed by atoms with E-state index in [4.69, 9.17) is 10.5 Å². The number of carbonyl (C=O) groups is 1. The fraction of sp³-hybridized carbons (Fsp3) is 0.310. The van der Waals surface area contributed by atoms with Crippen molar-refractivity contribution >= 4 is 50.6 Å². The molecule has 1 saturated heterocycles. The number of hydrogen-bond acceptors (Lipinski definition) is 12. The van der Waals surface area contributed by atoms with Gasteiger partial charge < -0.3 is 20.7 Å². The van der Waals surface area contributed by atoms with E-state index in [1.807, 2.05) is 11.8 Å². The number of rotatable bonds is 12. The van der Waals surface area contributed by atoms with Gasteiger partial charge in [-0.3, -0.25) is 20.0 Å². The lowest BCUT2D eigenvalue weighted by molar-refractivity contribution is -0.387. The highest BCUT2D eigenvalue weighted by Gasteiger charge is 2.29. The molecule has 3 heterocycles. The summed E-state index contributed by atoms with van der Waals surface area (Å²) >= 11 is 0.760. The third kappa shape index (κ3) is 7.60. The van der Waals surface area contributed by atoms with Crippen LogP contribution in [0.1, 0.15) is 30.5 Å². The van der Waals surface area contributed by atoms with Crippen LogP contribution in [0.25, 0.3) is 0 Å². The summed E-state index contributed by atoms with van der Waals surface area (Å²) in [7, 11) is -3.04. The molecule has 0 bridgehead atoms. The topological polar surface area (TPSA) is 199 Å². The van der Waals surface area contributed by atoms with Gasteiger partial charge in [0.05, 0.1) is 22.7 Å². The lowest BCUT2D eigenvalue weighted by Gasteiger charge is -2.33. The summed E-state index contributed by atoms with van der Waals surface area (Å²) in [5.74, 6) is -2.36. The molecule has 2 aromatic carbocycles. The zero-order chi connectivity index (χ0) is 33.9. The first-order valence-electron chi connectivity index (χ1n) is 14.3. The number of H-pyrrole nitrogens is 1. The first-order chi connectivity index (χ1) is 22.4. The summed E-state index contributed by atoms with van der Waals surface area (Å²) in [5, 5.41) is 21.3. The Morgan fingerprint density at radius 1 is 1.19 bits per heavy atom. The van der Waals surface area contributed by atoms with Gasteiger partial charge in [-0.1, -0.05) is 18.2 Å². The summed E-state index contributed by atoms with van der Waals surface area (Å²) in [4.78, 5) is 31.9. The Morgan fingerprint density at radius 3 is 2.55 bits per heavy atom. The number of nitro groups is 1. The summed E-state index contributed by atoms with van der Waals surface area (Å²) < 4.78 is 62.8. The van der Waals surface area contributed by atoms with Crippen LogP contribution in [0, 0.1) is 34.6 Å². The molecule has 2 aromatic heterocycles. The van der Waals surface area contributed by atoms with Crippen LogP contribution in [0.15, 0.2) is 57.4 Å². The Kier molecular flexibility index (Phi) is 9.90. The summed E-state index contributed by atoms with van der Waals surface area (Å²) in [5.41, 5.74) is 4.81. The summed E-state index contributed by atoms with van der Waals surface area (Å²) in [6.45, 7) is 2.86. The zero-order valence-electron chi connectivity index (χ0n) is 25.2. The van der Waals surface area contributed by atoms with Crippen molar-refractivity contribution in [3.8, 4) is 5.75 Å². The van der Waals surface area contributed by atoms with Crippen LogP contribution in [0.3, 0.4) is 0 Å². The minimum absolute atomic E-state index is 0.0491. The molecule has 0 unspecified atom stereocenters. The van der Waals surface area contributed by atoms with Crippen LogP contribution in [-0.4, -0.2) is 59.6 Å². The number of halogens is 2. The van der Waals surface area contributed by atoms with Crippen molar-refractivity contribution in [2.24, 2.45) is 11.7 Å². The minimum Gasteiger partial charge on any atom is -0.490 e. The second-order valence-corrected chi connectivity index (χ2v) is 13.8. The van der Waals surface area contributed by atoms with Crippen molar-refractivity contribution in [1.29, 1.82) is 0 Å². The van der Waals surface area contributed by atoms with Crippen molar-refractivity contribution in [2.45, 2.75) is 46.9 Å². The van der Waals surface area contributed by atoms with E-state index in [9.17, 15) is 27.7 Å². The number of methoxy groups -OCH3 is 1. The summed E-state index contributed by atoms with van der Waals surface area (Å²) in [6, 6.07) is 8.60. The van der Waals surface area contributed by atoms with Crippen molar-refractivity contribution in [3.05, 3.63) is 75.5 Å². The number of nitrogens with two attached hydrogens (primary N) is 1. The smallest absolute Gasteiger partial charge is 0.305 e. The molecule has 1 aliphatic heterocycles. The minimum atomic E-state index is -4.50. The Labute approximate surface area is 272 Å². The number of primary amides is 1. The van der Waals surface area contributed by atoms with Crippen molar-refractivity contribution < 1.29 is 31.7 Å². The lowest BCUT2D eigenvalue weighted by atomic mass is 9.93. The maximum Gasteiger partial charge on any atom is 0.305 e. The van der Waals surface area contributed by atoms with Crippen molar-refractivity contribution in [3.63, 3.8) is 0 Å². The van der Waals surface area contributed by atoms with E-state index >= 15 is 4.39 Å². The number of nitrogens with one attached hydrogen (secondary N) is 2. The molecular formula is C29H30F2N8O6S2. The molecule has 0 radical (unpaired) electrons. The van der Waals surface area contributed by atoms with E-state index in [1.54, 1.807) is 6.07 Å². The number of benzene rings is 2. The fourth-order valence-electron chi connectivity index (χ4n) is 5.20. The standard InChI is InChI=1S/C29H30F2N8O6S2/c1-16-13-23(37-36-16)33-27-26(45-2)28(38-11-9-17(10-12-38)14-22(32)40)35-29(34-27)46-20-7-4-8-21(25(20)31)47(43,44)15-18-5-3-6-19(24(18)30)39(41)42/h3-8,13,17H,9-12,14-15H2,1-2H3,(H2,32,40)(H2,33,34,35,36,37). The van der Waals surface area contributed by atoms with E-state index in [2.05, 4.69) is 25.5 Å². The molecule has 0 saturated carbocycles. The van der Waals surface area contributed by atoms with Crippen LogP contribution in [0.5, 0.6) is 5.75 Å². The average Bonchev–Trinajstić information content (AvgIpc) is 3.43. The van der Waals surface area contributed by atoms with Crippen LogP contribution < -0.4 is 20.7 Å². The number of amides is 1. The highest BCUT2D eigenvalue weighted by Crippen LogP contribution is 2.40. The maximum absolute atomic E-state index is 15.9. The maximum atomic E-state index is 15.9. The SMILES string of the molecule is COc1c(Nc2cc(C)[nH]n2)nc(Sc2cccc(S(=O)(=O)Cc3cccc([N+](=O)[O-])c3F)c2F)nc1N1CCC(CC(N)=O)CC1. The van der Waals surface area contributed by atoms with Gasteiger partial charge in [0.1, 0.15) is 4.90 Å². The third-order valence-corrected chi connectivity index (χ3v) is 10.0. The predicted molar refractivity (Wildman–Crippen MR) is 168 cm³/mol. The van der Waals surface area contributed by atoms with Gasteiger partial charge in [0, 0.05) is 42.9 Å². The number of aromatic amines is 1. The number of nitro benzene ring substituents is 1. The van der Waals surface area contributed by atoms with E-state index in [0.29, 0.717) is 43.3 Å². The Balaban J connectivity index is 1.49.